The first-order chi connectivity index (χ1) is 9.13. The van der Waals surface area contributed by atoms with Crippen LogP contribution in [0.4, 0.5) is 23.2 Å². The highest BCUT2D eigenvalue weighted by Crippen LogP contribution is 2.41. The van der Waals surface area contributed by atoms with E-state index in [0.29, 0.717) is 0 Å². The molecule has 0 aromatic heterocycles. The standard InChI is InChI=1S/C12H13F4N3O/c1-11(6-3-2-4-7(17)9(6)13)5-8(12(14,15)16)20-10(18)19-11/h2-4,8H,5,17H2,1H3,(H2,18,19)/t8?,11-/m0/s1. The molecule has 2 rings (SSSR count). The number of halogens is 4. The van der Waals surface area contributed by atoms with E-state index in [9.17, 15) is 17.6 Å². The van der Waals surface area contributed by atoms with E-state index in [0.717, 1.165) is 0 Å². The van der Waals surface area contributed by atoms with E-state index >= 15 is 0 Å². The van der Waals surface area contributed by atoms with Gasteiger partial charge in [-0.05, 0) is 13.0 Å². The van der Waals surface area contributed by atoms with Crippen LogP contribution < -0.4 is 11.5 Å². The number of nitrogens with zero attached hydrogens (tertiary/aromatic N) is 1. The number of hydrogen-bond acceptors (Lipinski definition) is 4. The van der Waals surface area contributed by atoms with E-state index < -0.39 is 36.1 Å². The minimum atomic E-state index is -4.61. The molecule has 0 saturated heterocycles. The van der Waals surface area contributed by atoms with E-state index in [4.69, 9.17) is 11.5 Å². The number of anilines is 1. The molecule has 0 aliphatic carbocycles. The Balaban J connectivity index is 2.48. The lowest BCUT2D eigenvalue weighted by atomic mass is 9.85. The number of aliphatic imine (C=N–C) groups is 1. The van der Waals surface area contributed by atoms with Crippen LogP contribution in [0.25, 0.3) is 0 Å². The normalized spacial score (nSPS) is 26.9. The third kappa shape index (κ3) is 2.50. The summed E-state index contributed by atoms with van der Waals surface area (Å²) in [5, 5.41) is 0. The molecule has 0 bridgehead atoms. The van der Waals surface area contributed by atoms with Crippen LogP contribution in [0.2, 0.25) is 0 Å². The molecular weight excluding hydrogens is 278 g/mol. The van der Waals surface area contributed by atoms with Crippen LogP contribution in [-0.2, 0) is 10.3 Å². The zero-order chi connectivity index (χ0) is 15.1. The predicted octanol–water partition coefficient (Wildman–Crippen LogP) is 2.29. The Kier molecular flexibility index (Phi) is 3.27. The molecule has 4 nitrogen and oxygen atoms in total. The second kappa shape index (κ2) is 4.53. The number of nitrogen functional groups attached to an aromatic ring is 1. The molecule has 20 heavy (non-hydrogen) atoms. The molecule has 1 unspecified atom stereocenters. The lowest BCUT2D eigenvalue weighted by molar-refractivity contribution is -0.208. The summed E-state index contributed by atoms with van der Waals surface area (Å²) >= 11 is 0. The van der Waals surface area contributed by atoms with E-state index in [2.05, 4.69) is 9.73 Å². The third-order valence-corrected chi connectivity index (χ3v) is 3.18. The minimum Gasteiger partial charge on any atom is -0.452 e. The van der Waals surface area contributed by atoms with E-state index in [1.807, 2.05) is 0 Å². The Bertz CT molecular complexity index is 558. The highest BCUT2D eigenvalue weighted by Gasteiger charge is 2.50. The van der Waals surface area contributed by atoms with Crippen LogP contribution >= 0.6 is 0 Å². The fourth-order valence-electron chi connectivity index (χ4n) is 2.18. The van der Waals surface area contributed by atoms with Crippen molar-refractivity contribution >= 4 is 11.7 Å². The number of alkyl halides is 3. The van der Waals surface area contributed by atoms with Gasteiger partial charge in [0, 0.05) is 12.0 Å². The number of hydrogen-bond donors (Lipinski definition) is 2. The number of amidine groups is 1. The highest BCUT2D eigenvalue weighted by atomic mass is 19.4. The molecule has 0 radical (unpaired) electrons. The second-order valence-electron chi connectivity index (χ2n) is 4.78. The zero-order valence-corrected chi connectivity index (χ0v) is 10.5. The van der Waals surface area contributed by atoms with Crippen molar-refractivity contribution in [2.24, 2.45) is 10.7 Å². The molecule has 8 heteroatoms. The minimum absolute atomic E-state index is 0.0435. The summed E-state index contributed by atoms with van der Waals surface area (Å²) in [5.74, 6) is -0.797. The molecule has 1 heterocycles. The van der Waals surface area contributed by atoms with Crippen molar-refractivity contribution in [3.63, 3.8) is 0 Å². The molecule has 1 aromatic rings. The lowest BCUT2D eigenvalue weighted by Gasteiger charge is -2.35. The van der Waals surface area contributed by atoms with Gasteiger partial charge in [-0.15, -0.1) is 0 Å². The van der Waals surface area contributed by atoms with Crippen LogP contribution in [0.5, 0.6) is 0 Å². The van der Waals surface area contributed by atoms with Gasteiger partial charge in [0.05, 0.1) is 11.2 Å². The number of ether oxygens (including phenoxy) is 1. The maximum Gasteiger partial charge on any atom is 0.425 e. The van der Waals surface area contributed by atoms with Gasteiger partial charge in [-0.1, -0.05) is 12.1 Å². The van der Waals surface area contributed by atoms with Gasteiger partial charge in [0.15, 0.2) is 11.9 Å². The molecule has 0 spiro atoms. The van der Waals surface area contributed by atoms with Crippen molar-refractivity contribution in [2.75, 3.05) is 5.73 Å². The second-order valence-corrected chi connectivity index (χ2v) is 4.78. The van der Waals surface area contributed by atoms with Gasteiger partial charge in [-0.2, -0.15) is 13.2 Å². The third-order valence-electron chi connectivity index (χ3n) is 3.18. The molecule has 0 amide bonds. The Morgan fingerprint density at radius 1 is 1.35 bits per heavy atom. The predicted molar refractivity (Wildman–Crippen MR) is 65.3 cm³/mol. The molecule has 1 aliphatic rings. The SMILES string of the molecule is C[C@@]1(c2cccc(N)c2F)CC(C(F)(F)F)OC(N)=N1. The van der Waals surface area contributed by atoms with Crippen LogP contribution in [0.1, 0.15) is 18.9 Å². The summed E-state index contributed by atoms with van der Waals surface area (Å²) < 4.78 is 56.9. The Labute approximate surface area is 112 Å². The number of nitrogens with two attached hydrogens (primary N) is 2. The van der Waals surface area contributed by atoms with E-state index in [-0.39, 0.29) is 11.3 Å². The summed E-state index contributed by atoms with van der Waals surface area (Å²) in [6.07, 6.45) is -7.32. The van der Waals surface area contributed by atoms with E-state index in [1.54, 1.807) is 0 Å². The van der Waals surface area contributed by atoms with Crippen LogP contribution in [0.3, 0.4) is 0 Å². The van der Waals surface area contributed by atoms with Gasteiger partial charge in [0.25, 0.3) is 6.02 Å². The van der Waals surface area contributed by atoms with Crippen LogP contribution in [0.15, 0.2) is 23.2 Å². The molecule has 0 saturated carbocycles. The molecule has 1 aliphatic heterocycles. The first-order valence-corrected chi connectivity index (χ1v) is 5.76. The topological polar surface area (TPSA) is 73.6 Å². The van der Waals surface area contributed by atoms with Crippen molar-refractivity contribution in [1.29, 1.82) is 0 Å². The quantitative estimate of drug-likeness (QED) is 0.616. The van der Waals surface area contributed by atoms with Crippen molar-refractivity contribution in [3.05, 3.63) is 29.6 Å². The first-order valence-electron chi connectivity index (χ1n) is 5.76. The Morgan fingerprint density at radius 3 is 2.60 bits per heavy atom. The highest BCUT2D eigenvalue weighted by molar-refractivity contribution is 5.73. The molecule has 2 atom stereocenters. The fraction of sp³-hybridized carbons (Fsp3) is 0.417. The van der Waals surface area contributed by atoms with Gasteiger partial charge < -0.3 is 16.2 Å². The van der Waals surface area contributed by atoms with Crippen molar-refractivity contribution in [3.8, 4) is 0 Å². The molecule has 110 valence electrons. The summed E-state index contributed by atoms with van der Waals surface area (Å²) in [6, 6.07) is 3.47. The van der Waals surface area contributed by atoms with Gasteiger partial charge >= 0.3 is 6.18 Å². The number of rotatable bonds is 1. The summed E-state index contributed by atoms with van der Waals surface area (Å²) in [5.41, 5.74) is 9.04. The maximum atomic E-state index is 14.0. The smallest absolute Gasteiger partial charge is 0.425 e. The summed E-state index contributed by atoms with van der Waals surface area (Å²) in [7, 11) is 0. The molecule has 0 fully saturated rings. The Morgan fingerprint density at radius 2 is 2.00 bits per heavy atom. The molecular formula is C12H13F4N3O. The average molecular weight is 291 g/mol. The van der Waals surface area contributed by atoms with Gasteiger partial charge in [0.2, 0.25) is 0 Å². The lowest BCUT2D eigenvalue weighted by Crippen LogP contribution is -2.46. The maximum absolute atomic E-state index is 14.0. The van der Waals surface area contributed by atoms with Crippen molar-refractivity contribution in [1.82, 2.24) is 0 Å². The van der Waals surface area contributed by atoms with Crippen molar-refractivity contribution in [2.45, 2.75) is 31.2 Å². The first kappa shape index (κ1) is 14.4. The monoisotopic (exact) mass is 291 g/mol. The van der Waals surface area contributed by atoms with E-state index in [1.165, 1.54) is 25.1 Å². The zero-order valence-electron chi connectivity index (χ0n) is 10.5. The van der Waals surface area contributed by atoms with Crippen LogP contribution in [-0.4, -0.2) is 18.3 Å². The molecule has 1 aromatic carbocycles. The average Bonchev–Trinajstić information content (AvgIpc) is 2.30. The van der Waals surface area contributed by atoms with Gasteiger partial charge in [-0.25, -0.2) is 9.38 Å². The largest absolute Gasteiger partial charge is 0.452 e. The Hall–Kier alpha value is -1.99. The molecule has 4 N–H and O–H groups in total. The summed E-state index contributed by atoms with van der Waals surface area (Å²) in [4.78, 5) is 3.83. The fourth-order valence-corrected chi connectivity index (χ4v) is 2.18. The summed E-state index contributed by atoms with van der Waals surface area (Å²) in [6.45, 7) is 1.36. The number of benzene rings is 1. The van der Waals surface area contributed by atoms with Gasteiger partial charge in [0.1, 0.15) is 0 Å². The van der Waals surface area contributed by atoms with Crippen molar-refractivity contribution < 1.29 is 22.3 Å². The van der Waals surface area contributed by atoms with Crippen LogP contribution in [0, 0.1) is 5.82 Å². The van der Waals surface area contributed by atoms with Gasteiger partial charge in [-0.3, -0.25) is 0 Å².